The summed E-state index contributed by atoms with van der Waals surface area (Å²) in [5.74, 6) is 0.638. The molecule has 1 aliphatic rings. The minimum atomic E-state index is -0.872. The minimum Gasteiger partial charge on any atom is -0.397 e. The van der Waals surface area contributed by atoms with E-state index in [9.17, 15) is 9.90 Å². The zero-order valence-electron chi connectivity index (χ0n) is 16.7. The third kappa shape index (κ3) is 5.27. The fraction of sp³-hybridized carbons (Fsp3) is 0.650. The number of amides is 1. The zero-order valence-corrected chi connectivity index (χ0v) is 16.7. The molecule has 0 atom stereocenters. The molecule has 0 spiro atoms. The fourth-order valence-electron chi connectivity index (χ4n) is 3.65. The van der Waals surface area contributed by atoms with Crippen molar-refractivity contribution in [3.63, 3.8) is 0 Å². The van der Waals surface area contributed by atoms with Crippen LogP contribution in [0.15, 0.2) is 12.1 Å². The van der Waals surface area contributed by atoms with Gasteiger partial charge in [-0.15, -0.1) is 0 Å². The first-order valence-electron chi connectivity index (χ1n) is 9.46. The van der Waals surface area contributed by atoms with Crippen molar-refractivity contribution in [2.75, 3.05) is 36.6 Å². The molecule has 6 heteroatoms. The van der Waals surface area contributed by atoms with Crippen LogP contribution in [0.1, 0.15) is 56.8 Å². The molecule has 1 amide bonds. The van der Waals surface area contributed by atoms with Crippen LogP contribution < -0.4 is 21.3 Å². The normalized spacial score (nSPS) is 20.5. The summed E-state index contributed by atoms with van der Waals surface area (Å²) in [6.45, 7) is 6.17. The van der Waals surface area contributed by atoms with E-state index in [1.165, 1.54) is 0 Å². The molecule has 0 bridgehead atoms. The van der Waals surface area contributed by atoms with Gasteiger partial charge >= 0.3 is 0 Å². The molecule has 0 aromatic heterocycles. The number of nitrogens with one attached hydrogen (secondary N) is 2. The van der Waals surface area contributed by atoms with Crippen molar-refractivity contribution in [2.24, 2.45) is 5.92 Å². The average Bonchev–Trinajstić information content (AvgIpc) is 2.55. The first-order valence-corrected chi connectivity index (χ1v) is 9.46. The Labute approximate surface area is 157 Å². The number of nitrogens with two attached hydrogens (primary N) is 1. The molecule has 1 aromatic rings. The maximum atomic E-state index is 13.0. The number of benzene rings is 1. The predicted octanol–water partition coefficient (Wildman–Crippen LogP) is 2.83. The zero-order chi connectivity index (χ0) is 19.5. The van der Waals surface area contributed by atoms with E-state index in [0.29, 0.717) is 17.8 Å². The number of nitrogen functional groups attached to an aromatic ring is 1. The highest BCUT2D eigenvalue weighted by Crippen LogP contribution is 2.31. The number of hydrogen-bond acceptors (Lipinski definition) is 5. The van der Waals surface area contributed by atoms with Crippen molar-refractivity contribution >= 4 is 23.0 Å². The Balaban J connectivity index is 2.27. The number of anilines is 3. The summed E-state index contributed by atoms with van der Waals surface area (Å²) in [5, 5.41) is 16.4. The van der Waals surface area contributed by atoms with E-state index in [-0.39, 0.29) is 11.9 Å². The lowest BCUT2D eigenvalue weighted by Gasteiger charge is -2.31. The van der Waals surface area contributed by atoms with Crippen molar-refractivity contribution in [1.29, 1.82) is 0 Å². The van der Waals surface area contributed by atoms with Gasteiger partial charge in [0.25, 0.3) is 5.91 Å². The van der Waals surface area contributed by atoms with Crippen molar-refractivity contribution < 1.29 is 9.90 Å². The van der Waals surface area contributed by atoms with Crippen molar-refractivity contribution in [2.45, 2.75) is 58.1 Å². The van der Waals surface area contributed by atoms with Crippen LogP contribution in [0.4, 0.5) is 17.1 Å². The second-order valence-electron chi connectivity index (χ2n) is 8.31. The first-order chi connectivity index (χ1) is 12.1. The van der Waals surface area contributed by atoms with Gasteiger partial charge in [-0.1, -0.05) is 6.92 Å². The Bertz CT molecular complexity index is 631. The van der Waals surface area contributed by atoms with Gasteiger partial charge in [-0.2, -0.15) is 0 Å². The Kier molecular flexibility index (Phi) is 6.39. The number of rotatable bonds is 6. The van der Waals surface area contributed by atoms with E-state index in [1.54, 1.807) is 27.0 Å². The molecular formula is C20H34N4O2. The van der Waals surface area contributed by atoms with Crippen LogP contribution >= 0.6 is 0 Å². The van der Waals surface area contributed by atoms with E-state index < -0.39 is 5.60 Å². The lowest BCUT2D eigenvalue weighted by atomic mass is 9.87. The highest BCUT2D eigenvalue weighted by molar-refractivity contribution is 6.02. The molecule has 0 aliphatic heterocycles. The van der Waals surface area contributed by atoms with Crippen LogP contribution in [-0.4, -0.2) is 43.3 Å². The van der Waals surface area contributed by atoms with E-state index in [1.807, 2.05) is 18.0 Å². The van der Waals surface area contributed by atoms with E-state index in [4.69, 9.17) is 5.73 Å². The predicted molar refractivity (Wildman–Crippen MR) is 109 cm³/mol. The molecule has 1 fully saturated rings. The summed E-state index contributed by atoms with van der Waals surface area (Å²) in [6, 6.07) is 3.82. The summed E-state index contributed by atoms with van der Waals surface area (Å²) in [4.78, 5) is 14.9. The van der Waals surface area contributed by atoms with Crippen LogP contribution in [0.5, 0.6) is 0 Å². The van der Waals surface area contributed by atoms with E-state index in [2.05, 4.69) is 17.6 Å². The molecule has 146 valence electrons. The third-order valence-electron chi connectivity index (χ3n) is 5.07. The first kappa shape index (κ1) is 20.4. The second kappa shape index (κ2) is 8.16. The Hall–Kier alpha value is -1.95. The minimum absolute atomic E-state index is 0.100. The topological polar surface area (TPSA) is 90.6 Å². The highest BCUT2D eigenvalue weighted by Gasteiger charge is 2.25. The maximum absolute atomic E-state index is 13.0. The summed E-state index contributed by atoms with van der Waals surface area (Å²) >= 11 is 0. The van der Waals surface area contributed by atoms with Gasteiger partial charge < -0.3 is 26.4 Å². The molecule has 1 saturated carbocycles. The number of aliphatic hydroxyl groups is 1. The smallest absolute Gasteiger partial charge is 0.253 e. The SMILES string of the molecule is CNc1cc(N(C)CC(C)(C)O)c(C(=O)N[C@H]2CC[C@H](C)CC2)cc1N. The lowest BCUT2D eigenvalue weighted by molar-refractivity contribution is 0.0875. The number of hydrogen-bond donors (Lipinski definition) is 4. The molecule has 0 unspecified atom stereocenters. The molecule has 5 N–H and O–H groups in total. The average molecular weight is 363 g/mol. The van der Waals surface area contributed by atoms with E-state index in [0.717, 1.165) is 43.0 Å². The molecule has 0 heterocycles. The van der Waals surface area contributed by atoms with Gasteiger partial charge in [-0.3, -0.25) is 4.79 Å². The molecule has 1 aromatic carbocycles. The second-order valence-corrected chi connectivity index (χ2v) is 8.31. The van der Waals surface area contributed by atoms with E-state index >= 15 is 0 Å². The monoisotopic (exact) mass is 362 g/mol. The highest BCUT2D eigenvalue weighted by atomic mass is 16.3. The molecule has 2 rings (SSSR count). The summed E-state index contributed by atoms with van der Waals surface area (Å²) in [6.07, 6.45) is 4.34. The third-order valence-corrected chi connectivity index (χ3v) is 5.07. The van der Waals surface area contributed by atoms with Gasteiger partial charge in [0.2, 0.25) is 0 Å². The van der Waals surface area contributed by atoms with Gasteiger partial charge in [0, 0.05) is 26.7 Å². The number of carbonyl (C=O) groups excluding carboxylic acids is 1. The van der Waals surface area contributed by atoms with Gasteiger partial charge in [-0.05, 0) is 57.6 Å². The van der Waals surface area contributed by atoms with Crippen LogP contribution in [0.2, 0.25) is 0 Å². The van der Waals surface area contributed by atoms with Crippen LogP contribution in [0.25, 0.3) is 0 Å². The van der Waals surface area contributed by atoms with Gasteiger partial charge in [-0.25, -0.2) is 0 Å². The van der Waals surface area contributed by atoms with Gasteiger partial charge in [0.05, 0.1) is 28.2 Å². The number of nitrogens with zero attached hydrogens (tertiary/aromatic N) is 1. The van der Waals surface area contributed by atoms with Crippen LogP contribution in [0.3, 0.4) is 0 Å². The lowest BCUT2D eigenvalue weighted by Crippen LogP contribution is -2.40. The van der Waals surface area contributed by atoms with Crippen LogP contribution in [0, 0.1) is 5.92 Å². The molecular weight excluding hydrogens is 328 g/mol. The van der Waals surface area contributed by atoms with Crippen molar-refractivity contribution in [1.82, 2.24) is 5.32 Å². The largest absolute Gasteiger partial charge is 0.397 e. The van der Waals surface area contributed by atoms with Gasteiger partial charge in [0.1, 0.15) is 0 Å². The molecule has 0 radical (unpaired) electrons. The van der Waals surface area contributed by atoms with Crippen molar-refractivity contribution in [3.8, 4) is 0 Å². The number of carbonyl (C=O) groups is 1. The summed E-state index contributed by atoms with van der Waals surface area (Å²) < 4.78 is 0. The summed E-state index contributed by atoms with van der Waals surface area (Å²) in [7, 11) is 3.68. The molecule has 0 saturated heterocycles. The Morgan fingerprint density at radius 1 is 1.31 bits per heavy atom. The molecule has 26 heavy (non-hydrogen) atoms. The molecule has 6 nitrogen and oxygen atoms in total. The van der Waals surface area contributed by atoms with Gasteiger partial charge in [0.15, 0.2) is 0 Å². The quantitative estimate of drug-likeness (QED) is 0.584. The molecule has 1 aliphatic carbocycles. The van der Waals surface area contributed by atoms with Crippen LogP contribution in [-0.2, 0) is 0 Å². The Morgan fingerprint density at radius 3 is 2.46 bits per heavy atom. The maximum Gasteiger partial charge on any atom is 0.253 e. The van der Waals surface area contributed by atoms with Crippen molar-refractivity contribution in [3.05, 3.63) is 17.7 Å². The summed E-state index contributed by atoms with van der Waals surface area (Å²) in [5.41, 5.74) is 7.85. The standard InChI is InChI=1S/C20H34N4O2/c1-13-6-8-14(9-7-13)23-19(25)15-10-16(21)17(22-4)11-18(15)24(5)12-20(2,3)26/h10-11,13-14,22,26H,6-9,12,21H2,1-5H3,(H,23,25)/t13-,14-. The Morgan fingerprint density at radius 2 is 1.92 bits per heavy atom. The fourth-order valence-corrected chi connectivity index (χ4v) is 3.65. The number of likely N-dealkylation sites (N-methyl/N-ethyl adjacent to an activating group) is 1.